The molecule has 104 valence electrons. The van der Waals surface area contributed by atoms with E-state index in [9.17, 15) is 4.79 Å². The van der Waals surface area contributed by atoms with E-state index in [0.717, 1.165) is 0 Å². The van der Waals surface area contributed by atoms with Crippen molar-refractivity contribution >= 4 is 5.97 Å². The summed E-state index contributed by atoms with van der Waals surface area (Å²) in [7, 11) is 2.78. The third kappa shape index (κ3) is 2.24. The molecular weight excluding hydrogens is 242 g/mol. The summed E-state index contributed by atoms with van der Waals surface area (Å²) in [4.78, 5) is 11.5. The normalized spacial score (nSPS) is 39.4. The predicted molar refractivity (Wildman–Crippen MR) is 59.5 cm³/mol. The van der Waals surface area contributed by atoms with Crippen LogP contribution in [0.1, 0.15) is 13.8 Å². The third-order valence-corrected chi connectivity index (χ3v) is 3.11. The van der Waals surface area contributed by atoms with Gasteiger partial charge in [-0.3, -0.25) is 4.79 Å². The van der Waals surface area contributed by atoms with Crippen LogP contribution < -0.4 is 5.73 Å². The van der Waals surface area contributed by atoms with Gasteiger partial charge in [0.05, 0.1) is 7.11 Å². The van der Waals surface area contributed by atoms with Gasteiger partial charge in [-0.2, -0.15) is 0 Å². The highest BCUT2D eigenvalue weighted by Gasteiger charge is 2.58. The number of rotatable bonds is 3. The molecule has 2 rings (SSSR count). The van der Waals surface area contributed by atoms with E-state index < -0.39 is 42.4 Å². The molecule has 2 aliphatic heterocycles. The number of hydrogen-bond acceptors (Lipinski definition) is 7. The monoisotopic (exact) mass is 261 g/mol. The van der Waals surface area contributed by atoms with Crippen molar-refractivity contribution in [3.8, 4) is 0 Å². The van der Waals surface area contributed by atoms with Crippen LogP contribution in [0.15, 0.2) is 0 Å². The van der Waals surface area contributed by atoms with E-state index in [-0.39, 0.29) is 0 Å². The molecule has 0 unspecified atom stereocenters. The summed E-state index contributed by atoms with van der Waals surface area (Å²) < 4.78 is 26.8. The van der Waals surface area contributed by atoms with Crippen molar-refractivity contribution < 1.29 is 28.5 Å². The van der Waals surface area contributed by atoms with E-state index >= 15 is 0 Å². The molecule has 5 atom stereocenters. The van der Waals surface area contributed by atoms with Crippen molar-refractivity contribution in [1.82, 2.24) is 0 Å². The first-order chi connectivity index (χ1) is 8.39. The molecule has 0 amide bonds. The minimum Gasteiger partial charge on any atom is -0.468 e. The average Bonchev–Trinajstić information content (AvgIpc) is 2.80. The quantitative estimate of drug-likeness (QED) is 0.677. The Labute approximate surface area is 105 Å². The average molecular weight is 261 g/mol. The van der Waals surface area contributed by atoms with Gasteiger partial charge in [-0.05, 0) is 13.8 Å². The van der Waals surface area contributed by atoms with Gasteiger partial charge in [-0.1, -0.05) is 0 Å². The molecule has 7 heteroatoms. The van der Waals surface area contributed by atoms with Gasteiger partial charge in [-0.25, -0.2) is 0 Å². The first-order valence-corrected chi connectivity index (χ1v) is 5.77. The number of carbonyl (C=O) groups is 1. The van der Waals surface area contributed by atoms with Crippen LogP contribution in [-0.2, 0) is 28.5 Å². The lowest BCUT2D eigenvalue weighted by Crippen LogP contribution is -2.49. The lowest BCUT2D eigenvalue weighted by atomic mass is 10.0. The van der Waals surface area contributed by atoms with Crippen molar-refractivity contribution in [3.63, 3.8) is 0 Å². The maximum Gasteiger partial charge on any atom is 0.325 e. The number of nitrogens with two attached hydrogens (primary N) is 1. The van der Waals surface area contributed by atoms with E-state index in [1.54, 1.807) is 13.8 Å². The van der Waals surface area contributed by atoms with Crippen LogP contribution in [0.4, 0.5) is 0 Å². The lowest BCUT2D eigenvalue weighted by Gasteiger charge is -2.25. The molecule has 2 N–H and O–H groups in total. The Morgan fingerprint density at radius 3 is 2.44 bits per heavy atom. The molecule has 0 bridgehead atoms. The fourth-order valence-electron chi connectivity index (χ4n) is 2.34. The Balaban J connectivity index is 2.16. The van der Waals surface area contributed by atoms with Gasteiger partial charge in [-0.15, -0.1) is 0 Å². The van der Waals surface area contributed by atoms with Crippen LogP contribution in [0.2, 0.25) is 0 Å². The van der Waals surface area contributed by atoms with Crippen LogP contribution in [0.5, 0.6) is 0 Å². The number of hydrogen-bond donors (Lipinski definition) is 1. The van der Waals surface area contributed by atoms with Gasteiger partial charge in [0.1, 0.15) is 24.4 Å². The van der Waals surface area contributed by atoms with Gasteiger partial charge in [0, 0.05) is 7.11 Å². The fourth-order valence-corrected chi connectivity index (χ4v) is 2.34. The van der Waals surface area contributed by atoms with Gasteiger partial charge in [0.25, 0.3) is 0 Å². The minimum absolute atomic E-state index is 0.397. The molecule has 0 aromatic carbocycles. The Morgan fingerprint density at radius 2 is 1.89 bits per heavy atom. The van der Waals surface area contributed by atoms with E-state index in [1.165, 1.54) is 14.2 Å². The number of esters is 1. The standard InChI is InChI=1S/C11H19NO6/c1-11(2)17-7-6(5(12)9(13)14-3)16-10(15-4)8(7)18-11/h5-8,10H,12H2,1-4H3/t5-,6-,7-,8-,10-/m1/s1. The minimum atomic E-state index is -0.930. The zero-order chi connectivity index (χ0) is 13.5. The van der Waals surface area contributed by atoms with Crippen molar-refractivity contribution in [1.29, 1.82) is 0 Å². The maximum atomic E-state index is 11.5. The zero-order valence-electron chi connectivity index (χ0n) is 10.9. The zero-order valence-corrected chi connectivity index (χ0v) is 10.9. The summed E-state index contributed by atoms with van der Waals surface area (Å²) in [6.45, 7) is 3.58. The van der Waals surface area contributed by atoms with Gasteiger partial charge in [0.15, 0.2) is 12.1 Å². The van der Waals surface area contributed by atoms with Crippen LogP contribution in [0, 0.1) is 0 Å². The Kier molecular flexibility index (Phi) is 3.61. The van der Waals surface area contributed by atoms with Gasteiger partial charge < -0.3 is 29.4 Å². The van der Waals surface area contributed by atoms with Crippen LogP contribution in [-0.4, -0.2) is 56.6 Å². The van der Waals surface area contributed by atoms with Crippen molar-refractivity contribution in [3.05, 3.63) is 0 Å². The van der Waals surface area contributed by atoms with Crippen molar-refractivity contribution in [2.75, 3.05) is 14.2 Å². The van der Waals surface area contributed by atoms with E-state index in [2.05, 4.69) is 4.74 Å². The fraction of sp³-hybridized carbons (Fsp3) is 0.909. The largest absolute Gasteiger partial charge is 0.468 e. The second-order valence-corrected chi connectivity index (χ2v) is 4.82. The molecule has 7 nitrogen and oxygen atoms in total. The third-order valence-electron chi connectivity index (χ3n) is 3.11. The summed E-state index contributed by atoms with van der Waals surface area (Å²) in [5, 5.41) is 0. The topological polar surface area (TPSA) is 89.2 Å². The molecule has 0 saturated carbocycles. The smallest absolute Gasteiger partial charge is 0.325 e. The lowest BCUT2D eigenvalue weighted by molar-refractivity contribution is -0.229. The molecule has 2 heterocycles. The molecular formula is C11H19NO6. The van der Waals surface area contributed by atoms with Gasteiger partial charge >= 0.3 is 5.97 Å². The highest BCUT2D eigenvalue weighted by molar-refractivity contribution is 5.76. The summed E-state index contributed by atoms with van der Waals surface area (Å²) in [5.41, 5.74) is 5.80. The second-order valence-electron chi connectivity index (χ2n) is 4.82. The molecule has 0 radical (unpaired) electrons. The summed E-state index contributed by atoms with van der Waals surface area (Å²) in [6, 6.07) is -0.930. The first-order valence-electron chi connectivity index (χ1n) is 5.77. The number of fused-ring (bicyclic) bond motifs is 1. The molecule has 2 fully saturated rings. The number of ether oxygens (including phenoxy) is 5. The van der Waals surface area contributed by atoms with E-state index in [0.29, 0.717) is 0 Å². The molecule has 18 heavy (non-hydrogen) atoms. The molecule has 2 aliphatic rings. The van der Waals surface area contributed by atoms with E-state index in [1.807, 2.05) is 0 Å². The Bertz CT molecular complexity index is 333. The van der Waals surface area contributed by atoms with E-state index in [4.69, 9.17) is 24.7 Å². The van der Waals surface area contributed by atoms with Crippen molar-refractivity contribution in [2.24, 2.45) is 5.73 Å². The molecule has 0 aromatic rings. The molecule has 0 spiro atoms. The first kappa shape index (κ1) is 13.7. The number of methoxy groups -OCH3 is 2. The highest BCUT2D eigenvalue weighted by atomic mass is 16.8. The molecule has 0 aliphatic carbocycles. The molecule has 2 saturated heterocycles. The predicted octanol–water partition coefficient (Wildman–Crippen LogP) is -0.622. The molecule has 0 aromatic heterocycles. The number of carbonyl (C=O) groups excluding carboxylic acids is 1. The highest BCUT2D eigenvalue weighted by Crippen LogP contribution is 2.39. The van der Waals surface area contributed by atoms with Crippen LogP contribution in [0.3, 0.4) is 0 Å². The summed E-state index contributed by atoms with van der Waals surface area (Å²) >= 11 is 0. The Morgan fingerprint density at radius 1 is 1.28 bits per heavy atom. The second kappa shape index (κ2) is 4.75. The maximum absolute atomic E-state index is 11.5. The van der Waals surface area contributed by atoms with Crippen LogP contribution >= 0.6 is 0 Å². The van der Waals surface area contributed by atoms with Crippen LogP contribution in [0.25, 0.3) is 0 Å². The van der Waals surface area contributed by atoms with Crippen molar-refractivity contribution in [2.45, 2.75) is 50.3 Å². The van der Waals surface area contributed by atoms with Gasteiger partial charge in [0.2, 0.25) is 0 Å². The Hall–Kier alpha value is -0.730. The summed E-state index contributed by atoms with van der Waals surface area (Å²) in [6.07, 6.45) is -2.09. The summed E-state index contributed by atoms with van der Waals surface area (Å²) in [5.74, 6) is -1.30. The SMILES string of the molecule is COC(=O)[C@H](N)[C@H]1O[C@@H](OC)[C@@H]2OC(C)(C)O[C@@H]21.